The number of likely N-dealkylation sites (N-methyl/N-ethyl adjacent to an activating group) is 1. The number of carbonyl (C=O) groups is 2. The molecular formula is C21H29N3O4S. The Labute approximate surface area is 172 Å². The molecule has 1 aliphatic carbocycles. The molecule has 0 aromatic heterocycles. The van der Waals surface area contributed by atoms with Crippen LogP contribution in [0.5, 0.6) is 0 Å². The summed E-state index contributed by atoms with van der Waals surface area (Å²) in [5, 5.41) is 0. The maximum atomic E-state index is 13.2. The number of imide groups is 1. The molecule has 1 aromatic rings. The van der Waals surface area contributed by atoms with E-state index in [1.165, 1.54) is 9.21 Å². The van der Waals surface area contributed by atoms with Crippen LogP contribution in [0.3, 0.4) is 0 Å². The van der Waals surface area contributed by atoms with Gasteiger partial charge in [-0.15, -0.1) is 0 Å². The Kier molecular flexibility index (Phi) is 5.52. The molecule has 2 saturated heterocycles. The molecule has 8 heteroatoms. The monoisotopic (exact) mass is 419 g/mol. The van der Waals surface area contributed by atoms with Gasteiger partial charge in [0.2, 0.25) is 21.8 Å². The molecule has 0 spiro atoms. The van der Waals surface area contributed by atoms with Crippen molar-refractivity contribution in [3.63, 3.8) is 0 Å². The summed E-state index contributed by atoms with van der Waals surface area (Å²) in [5.41, 5.74) is 1.36. The Bertz CT molecular complexity index is 898. The van der Waals surface area contributed by atoms with Crippen LogP contribution in [0.4, 0.5) is 0 Å². The lowest BCUT2D eigenvalue weighted by Crippen LogP contribution is -2.47. The third-order valence-corrected chi connectivity index (χ3v) is 8.65. The van der Waals surface area contributed by atoms with E-state index in [1.54, 1.807) is 19.1 Å². The first-order chi connectivity index (χ1) is 13.8. The van der Waals surface area contributed by atoms with Gasteiger partial charge < -0.3 is 4.90 Å². The summed E-state index contributed by atoms with van der Waals surface area (Å²) < 4.78 is 27.9. The van der Waals surface area contributed by atoms with Gasteiger partial charge in [-0.3, -0.25) is 14.5 Å². The summed E-state index contributed by atoms with van der Waals surface area (Å²) in [5.74, 6) is -0.557. The molecule has 3 fully saturated rings. The highest BCUT2D eigenvalue weighted by atomic mass is 32.2. The highest BCUT2D eigenvalue weighted by Crippen LogP contribution is 2.38. The summed E-state index contributed by atoms with van der Waals surface area (Å²) in [7, 11) is -1.62. The summed E-state index contributed by atoms with van der Waals surface area (Å²) in [6, 6.07) is 5.24. The second-order valence-electron chi connectivity index (χ2n) is 8.57. The lowest BCUT2D eigenvalue weighted by Gasteiger charge is -2.32. The molecular weight excluding hydrogens is 390 g/mol. The van der Waals surface area contributed by atoms with E-state index < -0.39 is 10.0 Å². The first-order valence-corrected chi connectivity index (χ1v) is 11.9. The van der Waals surface area contributed by atoms with Crippen molar-refractivity contribution < 1.29 is 18.0 Å². The topological polar surface area (TPSA) is 78.0 Å². The predicted molar refractivity (Wildman–Crippen MR) is 108 cm³/mol. The molecule has 0 radical (unpaired) electrons. The first-order valence-electron chi connectivity index (χ1n) is 10.4. The molecule has 1 aromatic carbocycles. The minimum Gasteiger partial charge on any atom is -0.304 e. The number of amides is 2. The fraction of sp³-hybridized carbons (Fsp3) is 0.619. The van der Waals surface area contributed by atoms with Gasteiger partial charge in [-0.25, -0.2) is 8.42 Å². The molecule has 2 amide bonds. The minimum atomic E-state index is -3.60. The smallest absolute Gasteiger partial charge is 0.243 e. The van der Waals surface area contributed by atoms with Gasteiger partial charge in [0.15, 0.2) is 0 Å². The summed E-state index contributed by atoms with van der Waals surface area (Å²) >= 11 is 0. The van der Waals surface area contributed by atoms with Crippen molar-refractivity contribution in [1.29, 1.82) is 0 Å². The number of carbonyl (C=O) groups excluding carboxylic acids is 2. The van der Waals surface area contributed by atoms with Crippen LogP contribution in [0.15, 0.2) is 23.1 Å². The zero-order chi connectivity index (χ0) is 20.8. The van der Waals surface area contributed by atoms with E-state index in [2.05, 4.69) is 4.90 Å². The van der Waals surface area contributed by atoms with Crippen molar-refractivity contribution in [2.24, 2.45) is 11.8 Å². The Hall–Kier alpha value is -1.77. The van der Waals surface area contributed by atoms with E-state index in [4.69, 9.17) is 0 Å². The van der Waals surface area contributed by atoms with E-state index in [0.717, 1.165) is 25.7 Å². The van der Waals surface area contributed by atoms with Crippen molar-refractivity contribution >= 4 is 21.8 Å². The summed E-state index contributed by atoms with van der Waals surface area (Å²) in [4.78, 5) is 29.2. The van der Waals surface area contributed by atoms with Gasteiger partial charge in [-0.1, -0.05) is 25.0 Å². The van der Waals surface area contributed by atoms with Crippen molar-refractivity contribution in [2.45, 2.75) is 44.0 Å². The van der Waals surface area contributed by atoms with E-state index in [9.17, 15) is 18.0 Å². The predicted octanol–water partition coefficient (Wildman–Crippen LogP) is 1.61. The number of sulfonamides is 1. The van der Waals surface area contributed by atoms with Gasteiger partial charge in [0.1, 0.15) is 0 Å². The van der Waals surface area contributed by atoms with Crippen LogP contribution in [0.25, 0.3) is 0 Å². The Morgan fingerprint density at radius 2 is 1.55 bits per heavy atom. The molecule has 3 aliphatic rings. The highest BCUT2D eigenvalue weighted by Gasteiger charge is 2.48. The van der Waals surface area contributed by atoms with Crippen LogP contribution in [0.1, 0.15) is 36.8 Å². The quantitative estimate of drug-likeness (QED) is 0.693. The molecule has 29 heavy (non-hydrogen) atoms. The van der Waals surface area contributed by atoms with E-state index in [-0.39, 0.29) is 35.1 Å². The van der Waals surface area contributed by atoms with Crippen LogP contribution in [0, 0.1) is 18.8 Å². The maximum Gasteiger partial charge on any atom is 0.243 e. The molecule has 0 bridgehead atoms. The van der Waals surface area contributed by atoms with E-state index in [1.807, 2.05) is 13.1 Å². The number of aryl methyl sites for hydroxylation is 1. The number of hydrogen-bond acceptors (Lipinski definition) is 5. The van der Waals surface area contributed by atoms with Gasteiger partial charge in [-0.2, -0.15) is 4.31 Å². The molecule has 0 N–H and O–H groups in total. The molecule has 2 aliphatic heterocycles. The minimum absolute atomic E-state index is 0.0938. The van der Waals surface area contributed by atoms with Crippen molar-refractivity contribution in [3.05, 3.63) is 29.3 Å². The fourth-order valence-corrected chi connectivity index (χ4v) is 6.46. The highest BCUT2D eigenvalue weighted by molar-refractivity contribution is 7.89. The standard InChI is InChI=1S/C21H29N3O4S/c1-15-7-8-16(13-19(15)29(27,28)23-11-9-22(2)10-12-23)14-24-20(25)17-5-3-4-6-18(17)21(24)26/h7-8,13,17-18H,3-6,9-12,14H2,1-2H3/t17-,18-/m0/s1. The molecule has 0 unspecified atom stereocenters. The van der Waals surface area contributed by atoms with Crippen LogP contribution >= 0.6 is 0 Å². The third kappa shape index (κ3) is 3.73. The summed E-state index contributed by atoms with van der Waals surface area (Å²) in [6.07, 6.45) is 3.54. The maximum absolute atomic E-state index is 13.2. The largest absolute Gasteiger partial charge is 0.304 e. The SMILES string of the molecule is Cc1ccc(CN2C(=O)[C@H]3CCCC[C@@H]3C2=O)cc1S(=O)(=O)N1CCN(C)CC1. The molecule has 4 rings (SSSR count). The third-order valence-electron chi connectivity index (χ3n) is 6.61. The van der Waals surface area contributed by atoms with Crippen LogP contribution in [-0.2, 0) is 26.2 Å². The van der Waals surface area contributed by atoms with Gasteiger partial charge in [0, 0.05) is 26.2 Å². The average molecular weight is 420 g/mol. The van der Waals surface area contributed by atoms with E-state index in [0.29, 0.717) is 37.3 Å². The Balaban J connectivity index is 1.57. The normalized spacial score (nSPS) is 26.8. The van der Waals surface area contributed by atoms with E-state index >= 15 is 0 Å². The zero-order valence-electron chi connectivity index (χ0n) is 17.1. The van der Waals surface area contributed by atoms with Crippen molar-refractivity contribution in [3.8, 4) is 0 Å². The van der Waals surface area contributed by atoms with Crippen LogP contribution < -0.4 is 0 Å². The molecule has 158 valence electrons. The second-order valence-corrected chi connectivity index (χ2v) is 10.5. The van der Waals surface area contributed by atoms with Gasteiger partial charge in [-0.05, 0) is 44.0 Å². The number of hydrogen-bond donors (Lipinski definition) is 0. The first kappa shape index (κ1) is 20.5. The number of piperazine rings is 1. The zero-order valence-corrected chi connectivity index (χ0v) is 18.0. The number of rotatable bonds is 4. The fourth-order valence-electron chi connectivity index (χ4n) is 4.76. The Morgan fingerprint density at radius 1 is 0.966 bits per heavy atom. The van der Waals surface area contributed by atoms with Crippen molar-refractivity contribution in [2.75, 3.05) is 33.2 Å². The second kappa shape index (κ2) is 7.81. The van der Waals surface area contributed by atoms with Gasteiger partial charge in [0.05, 0.1) is 23.3 Å². The van der Waals surface area contributed by atoms with Crippen LogP contribution in [-0.4, -0.2) is 67.6 Å². The number of fused-ring (bicyclic) bond motifs is 1. The van der Waals surface area contributed by atoms with Gasteiger partial charge >= 0.3 is 0 Å². The van der Waals surface area contributed by atoms with Crippen LogP contribution in [0.2, 0.25) is 0 Å². The summed E-state index contributed by atoms with van der Waals surface area (Å²) in [6.45, 7) is 4.28. The lowest BCUT2D eigenvalue weighted by molar-refractivity contribution is -0.140. The molecule has 2 atom stereocenters. The Morgan fingerprint density at radius 3 is 2.14 bits per heavy atom. The van der Waals surface area contributed by atoms with Gasteiger partial charge in [0.25, 0.3) is 0 Å². The average Bonchev–Trinajstić information content (AvgIpc) is 2.95. The molecule has 7 nitrogen and oxygen atoms in total. The molecule has 1 saturated carbocycles. The number of nitrogens with zero attached hydrogens (tertiary/aromatic N) is 3. The number of likely N-dealkylation sites (tertiary alicyclic amines) is 1. The number of benzene rings is 1. The lowest BCUT2D eigenvalue weighted by atomic mass is 9.81. The van der Waals surface area contributed by atoms with Crippen molar-refractivity contribution in [1.82, 2.24) is 14.1 Å². The molecule has 2 heterocycles.